The van der Waals surface area contributed by atoms with Gasteiger partial charge in [0, 0.05) is 24.8 Å². The third kappa shape index (κ3) is 3.70. The molecule has 1 aliphatic rings. The molecule has 1 heterocycles. The fraction of sp³-hybridized carbons (Fsp3) is 0.615. The summed E-state index contributed by atoms with van der Waals surface area (Å²) in [6.45, 7) is -0.0798. The topological polar surface area (TPSA) is 109 Å². The molecule has 7 nitrogen and oxygen atoms in total. The number of sulfonamides is 1. The summed E-state index contributed by atoms with van der Waals surface area (Å²) in [7, 11) is -3.66. The zero-order valence-electron chi connectivity index (χ0n) is 11.9. The van der Waals surface area contributed by atoms with Gasteiger partial charge in [-0.1, -0.05) is 19.3 Å². The van der Waals surface area contributed by atoms with Crippen molar-refractivity contribution < 1.29 is 13.5 Å². The number of pyridine rings is 1. The van der Waals surface area contributed by atoms with E-state index in [-0.39, 0.29) is 24.1 Å². The Labute approximate surface area is 125 Å². The Balaban J connectivity index is 2.31. The van der Waals surface area contributed by atoms with Crippen molar-refractivity contribution in [3.63, 3.8) is 0 Å². The monoisotopic (exact) mass is 314 g/mol. The quantitative estimate of drug-likeness (QED) is 0.526. The highest BCUT2D eigenvalue weighted by atomic mass is 32.2. The van der Waals surface area contributed by atoms with Gasteiger partial charge < -0.3 is 10.5 Å². The highest BCUT2D eigenvalue weighted by molar-refractivity contribution is 7.89. The number of nitrogen functional groups attached to an aromatic ring is 1. The Kier molecular flexibility index (Phi) is 5.51. The first kappa shape index (κ1) is 16.2. The lowest BCUT2D eigenvalue weighted by Gasteiger charge is -2.33. The minimum absolute atomic E-state index is 0.0432. The molecule has 0 aliphatic heterocycles. The van der Waals surface area contributed by atoms with Crippen molar-refractivity contribution in [2.45, 2.75) is 43.0 Å². The van der Waals surface area contributed by atoms with Gasteiger partial charge in [-0.25, -0.2) is 19.2 Å². The SMILES string of the molecule is NNc1cc(S(=O)(=O)N(CCO)C2CCCCC2)ccn1. The summed E-state index contributed by atoms with van der Waals surface area (Å²) >= 11 is 0. The molecule has 0 saturated heterocycles. The first-order valence-corrected chi connectivity index (χ1v) is 8.59. The van der Waals surface area contributed by atoms with Crippen LogP contribution in [0.2, 0.25) is 0 Å². The molecule has 0 atom stereocenters. The lowest BCUT2D eigenvalue weighted by Crippen LogP contribution is -2.43. The molecule has 0 aromatic carbocycles. The number of aromatic nitrogens is 1. The van der Waals surface area contributed by atoms with Crippen molar-refractivity contribution >= 4 is 15.8 Å². The second-order valence-corrected chi connectivity index (χ2v) is 7.04. The van der Waals surface area contributed by atoms with Crippen molar-refractivity contribution in [1.29, 1.82) is 0 Å². The maximum Gasteiger partial charge on any atom is 0.243 e. The molecule has 0 spiro atoms. The average Bonchev–Trinajstić information content (AvgIpc) is 2.53. The first-order valence-electron chi connectivity index (χ1n) is 7.15. The number of hydrazine groups is 1. The van der Waals surface area contributed by atoms with Gasteiger partial charge in [0.05, 0.1) is 11.5 Å². The molecular formula is C13H22N4O3S. The van der Waals surface area contributed by atoms with Gasteiger partial charge >= 0.3 is 0 Å². The maximum absolute atomic E-state index is 12.8. The summed E-state index contributed by atoms with van der Waals surface area (Å²) in [5, 5.41) is 9.23. The van der Waals surface area contributed by atoms with Crippen LogP contribution in [0.3, 0.4) is 0 Å². The van der Waals surface area contributed by atoms with E-state index < -0.39 is 10.0 Å². The molecule has 21 heavy (non-hydrogen) atoms. The lowest BCUT2D eigenvalue weighted by atomic mass is 9.95. The van der Waals surface area contributed by atoms with E-state index in [1.54, 1.807) is 0 Å². The van der Waals surface area contributed by atoms with Crippen LogP contribution in [0.4, 0.5) is 5.82 Å². The van der Waals surface area contributed by atoms with Gasteiger partial charge in [-0.05, 0) is 18.9 Å². The molecule has 2 rings (SSSR count). The smallest absolute Gasteiger partial charge is 0.243 e. The van der Waals surface area contributed by atoms with E-state index in [0.717, 1.165) is 32.1 Å². The zero-order chi connectivity index (χ0) is 15.3. The summed E-state index contributed by atoms with van der Waals surface area (Å²) in [5.74, 6) is 5.57. The summed E-state index contributed by atoms with van der Waals surface area (Å²) in [6.07, 6.45) is 6.26. The van der Waals surface area contributed by atoms with Gasteiger partial charge in [-0.3, -0.25) is 0 Å². The average molecular weight is 314 g/mol. The fourth-order valence-corrected chi connectivity index (χ4v) is 4.44. The zero-order valence-corrected chi connectivity index (χ0v) is 12.7. The summed E-state index contributed by atoms with van der Waals surface area (Å²) in [4.78, 5) is 4.06. The van der Waals surface area contributed by atoms with Crippen molar-refractivity contribution in [2.75, 3.05) is 18.6 Å². The molecule has 118 valence electrons. The van der Waals surface area contributed by atoms with E-state index >= 15 is 0 Å². The third-order valence-corrected chi connectivity index (χ3v) is 5.74. The second-order valence-electron chi connectivity index (χ2n) is 5.15. The maximum atomic E-state index is 12.8. The molecule has 1 aromatic rings. The molecular weight excluding hydrogens is 292 g/mol. The number of hydrogen-bond donors (Lipinski definition) is 3. The Morgan fingerprint density at radius 1 is 1.38 bits per heavy atom. The van der Waals surface area contributed by atoms with Crippen LogP contribution in [-0.2, 0) is 10.0 Å². The molecule has 1 saturated carbocycles. The lowest BCUT2D eigenvalue weighted by molar-refractivity contribution is 0.199. The van der Waals surface area contributed by atoms with Crippen LogP contribution in [0.25, 0.3) is 0 Å². The van der Waals surface area contributed by atoms with Gasteiger partial charge in [0.15, 0.2) is 0 Å². The van der Waals surface area contributed by atoms with Crippen LogP contribution in [0.5, 0.6) is 0 Å². The number of aliphatic hydroxyl groups is 1. The van der Waals surface area contributed by atoms with E-state index in [1.807, 2.05) is 0 Å². The normalized spacial score (nSPS) is 17.1. The highest BCUT2D eigenvalue weighted by Gasteiger charge is 2.32. The number of rotatable bonds is 6. The molecule has 0 amide bonds. The molecule has 4 N–H and O–H groups in total. The molecule has 0 radical (unpaired) electrons. The number of hydrogen-bond acceptors (Lipinski definition) is 6. The Morgan fingerprint density at radius 3 is 2.71 bits per heavy atom. The van der Waals surface area contributed by atoms with Gasteiger partial charge in [0.2, 0.25) is 10.0 Å². The van der Waals surface area contributed by atoms with Crippen LogP contribution in [0.1, 0.15) is 32.1 Å². The van der Waals surface area contributed by atoms with Crippen LogP contribution < -0.4 is 11.3 Å². The molecule has 8 heteroatoms. The van der Waals surface area contributed by atoms with Gasteiger partial charge in [0.25, 0.3) is 0 Å². The van der Waals surface area contributed by atoms with Crippen LogP contribution in [0.15, 0.2) is 23.2 Å². The summed E-state index contributed by atoms with van der Waals surface area (Å²) < 4.78 is 27.0. The van der Waals surface area contributed by atoms with E-state index in [0.29, 0.717) is 5.82 Å². The van der Waals surface area contributed by atoms with Gasteiger partial charge in [-0.2, -0.15) is 4.31 Å². The number of nitrogens with two attached hydrogens (primary N) is 1. The number of nitrogens with one attached hydrogen (secondary N) is 1. The Hall–Kier alpha value is -1.22. The predicted octanol–water partition coefficient (Wildman–Crippen LogP) is 0.683. The minimum atomic E-state index is -3.66. The second kappa shape index (κ2) is 7.17. The van der Waals surface area contributed by atoms with Gasteiger partial charge in [0.1, 0.15) is 5.82 Å². The largest absolute Gasteiger partial charge is 0.395 e. The van der Waals surface area contributed by atoms with Crippen LogP contribution in [-0.4, -0.2) is 42.0 Å². The van der Waals surface area contributed by atoms with Crippen molar-refractivity contribution in [3.05, 3.63) is 18.3 Å². The molecule has 1 aliphatic carbocycles. The highest BCUT2D eigenvalue weighted by Crippen LogP contribution is 2.28. The predicted molar refractivity (Wildman–Crippen MR) is 79.9 cm³/mol. The fourth-order valence-electron chi connectivity index (χ4n) is 2.75. The van der Waals surface area contributed by atoms with E-state index in [2.05, 4.69) is 10.4 Å². The number of aliphatic hydroxyl groups excluding tert-OH is 1. The van der Waals surface area contributed by atoms with Crippen molar-refractivity contribution in [2.24, 2.45) is 5.84 Å². The van der Waals surface area contributed by atoms with Crippen molar-refractivity contribution in [1.82, 2.24) is 9.29 Å². The molecule has 0 bridgehead atoms. The number of nitrogens with zero attached hydrogens (tertiary/aromatic N) is 2. The van der Waals surface area contributed by atoms with Crippen LogP contribution in [0, 0.1) is 0 Å². The van der Waals surface area contributed by atoms with E-state index in [9.17, 15) is 13.5 Å². The standard InChI is InChI=1S/C13H22N4O3S/c14-16-13-10-12(6-7-15-13)21(19,20)17(8-9-18)11-4-2-1-3-5-11/h6-7,10-11,18H,1-5,8-9,14H2,(H,15,16). The van der Waals surface area contributed by atoms with E-state index in [4.69, 9.17) is 5.84 Å². The van der Waals surface area contributed by atoms with E-state index in [1.165, 1.54) is 22.6 Å². The Bertz CT molecular complexity index is 558. The minimum Gasteiger partial charge on any atom is -0.395 e. The molecule has 1 aromatic heterocycles. The number of anilines is 1. The molecule has 1 fully saturated rings. The first-order chi connectivity index (χ1) is 10.1. The summed E-state index contributed by atoms with van der Waals surface area (Å²) in [6, 6.07) is 2.81. The van der Waals surface area contributed by atoms with Crippen molar-refractivity contribution in [3.8, 4) is 0 Å². The molecule has 0 unspecified atom stereocenters. The third-order valence-electron chi connectivity index (χ3n) is 3.79. The van der Waals surface area contributed by atoms with Crippen LogP contribution >= 0.6 is 0 Å². The van der Waals surface area contributed by atoms with Gasteiger partial charge in [-0.15, -0.1) is 0 Å². The Morgan fingerprint density at radius 2 is 2.10 bits per heavy atom. The summed E-state index contributed by atoms with van der Waals surface area (Å²) in [5.41, 5.74) is 2.35.